The van der Waals surface area contributed by atoms with Gasteiger partial charge in [0.05, 0.1) is 0 Å². The summed E-state index contributed by atoms with van der Waals surface area (Å²) >= 11 is 0. The fourth-order valence-electron chi connectivity index (χ4n) is 1.14. The van der Waals surface area contributed by atoms with E-state index in [-0.39, 0.29) is 0 Å². The lowest BCUT2D eigenvalue weighted by molar-refractivity contribution is 0.505. The average Bonchev–Trinajstić information content (AvgIpc) is 2.72. The largest absolute Gasteiger partial charge is 0.377 e. The normalized spacial score (nSPS) is 13.7. The summed E-state index contributed by atoms with van der Waals surface area (Å²) in [6.45, 7) is 4.25. The highest BCUT2D eigenvalue weighted by molar-refractivity contribution is 5.07. The maximum absolute atomic E-state index is 2.12. The molecule has 76 valence electrons. The van der Waals surface area contributed by atoms with Crippen LogP contribution in [-0.4, -0.2) is 23.1 Å². The standard InChI is InChI=1S/2C6H9N/c1-7-5-3-2-4-6-7;1-2-7-5-3-4-6-7/h2-5H,6H2,1H3;3-6H,2H2,1H3. The molecular weight excluding hydrogens is 172 g/mol. The molecular formula is C12H18N2. The highest BCUT2D eigenvalue weighted by atomic mass is 15.1. The number of hydrogen-bond acceptors (Lipinski definition) is 1. The Morgan fingerprint density at radius 1 is 1.14 bits per heavy atom. The van der Waals surface area contributed by atoms with Crippen molar-refractivity contribution in [2.45, 2.75) is 13.5 Å². The van der Waals surface area contributed by atoms with Crippen molar-refractivity contribution in [3.05, 3.63) is 49.0 Å². The van der Waals surface area contributed by atoms with Crippen LogP contribution < -0.4 is 0 Å². The second kappa shape index (κ2) is 6.08. The van der Waals surface area contributed by atoms with Crippen LogP contribution in [0.3, 0.4) is 0 Å². The van der Waals surface area contributed by atoms with E-state index < -0.39 is 0 Å². The predicted molar refractivity (Wildman–Crippen MR) is 61.0 cm³/mol. The van der Waals surface area contributed by atoms with Gasteiger partial charge >= 0.3 is 0 Å². The quantitative estimate of drug-likeness (QED) is 0.660. The van der Waals surface area contributed by atoms with E-state index in [0.717, 1.165) is 13.1 Å². The average molecular weight is 190 g/mol. The maximum Gasteiger partial charge on any atom is 0.0353 e. The molecule has 0 bridgehead atoms. The number of likely N-dealkylation sites (N-methyl/N-ethyl adjacent to an activating group) is 1. The van der Waals surface area contributed by atoms with E-state index in [4.69, 9.17) is 0 Å². The summed E-state index contributed by atoms with van der Waals surface area (Å²) in [6.07, 6.45) is 12.4. The van der Waals surface area contributed by atoms with Crippen LogP contribution >= 0.6 is 0 Å². The van der Waals surface area contributed by atoms with Crippen molar-refractivity contribution in [3.63, 3.8) is 0 Å². The molecule has 1 aromatic rings. The molecule has 0 atom stereocenters. The fraction of sp³-hybridized carbons (Fsp3) is 0.333. The predicted octanol–water partition coefficient (Wildman–Crippen LogP) is 2.51. The van der Waals surface area contributed by atoms with Gasteiger partial charge in [-0.3, -0.25) is 0 Å². The van der Waals surface area contributed by atoms with Crippen LogP contribution in [0.4, 0.5) is 0 Å². The maximum atomic E-state index is 2.12. The summed E-state index contributed by atoms with van der Waals surface area (Å²) in [6, 6.07) is 4.06. The Bertz CT molecular complexity index is 283. The van der Waals surface area contributed by atoms with Gasteiger partial charge in [0.1, 0.15) is 0 Å². The molecule has 0 amide bonds. The summed E-state index contributed by atoms with van der Waals surface area (Å²) in [5.41, 5.74) is 0. The first-order valence-corrected chi connectivity index (χ1v) is 4.97. The number of hydrogen-bond donors (Lipinski definition) is 0. The molecule has 0 aromatic carbocycles. The Hall–Kier alpha value is -1.44. The van der Waals surface area contributed by atoms with E-state index in [0.29, 0.717) is 0 Å². The van der Waals surface area contributed by atoms with Gasteiger partial charge < -0.3 is 9.47 Å². The van der Waals surface area contributed by atoms with Crippen molar-refractivity contribution in [3.8, 4) is 0 Å². The third kappa shape index (κ3) is 3.99. The van der Waals surface area contributed by atoms with E-state index >= 15 is 0 Å². The van der Waals surface area contributed by atoms with Gasteiger partial charge in [-0.15, -0.1) is 0 Å². The van der Waals surface area contributed by atoms with E-state index in [1.165, 1.54) is 0 Å². The monoisotopic (exact) mass is 190 g/mol. The van der Waals surface area contributed by atoms with Gasteiger partial charge in [0.15, 0.2) is 0 Å². The van der Waals surface area contributed by atoms with Gasteiger partial charge in [-0.2, -0.15) is 0 Å². The minimum atomic E-state index is 1.05. The van der Waals surface area contributed by atoms with Crippen LogP contribution in [0.25, 0.3) is 0 Å². The minimum Gasteiger partial charge on any atom is -0.377 e. The Morgan fingerprint density at radius 3 is 2.14 bits per heavy atom. The number of nitrogens with zero attached hydrogens (tertiary/aromatic N) is 2. The van der Waals surface area contributed by atoms with Crippen LogP contribution in [0, 0.1) is 0 Å². The van der Waals surface area contributed by atoms with Crippen molar-refractivity contribution < 1.29 is 0 Å². The second-order valence-electron chi connectivity index (χ2n) is 3.22. The van der Waals surface area contributed by atoms with Crippen molar-refractivity contribution in [1.29, 1.82) is 0 Å². The van der Waals surface area contributed by atoms with Gasteiger partial charge in [0.25, 0.3) is 0 Å². The van der Waals surface area contributed by atoms with Crippen molar-refractivity contribution >= 4 is 0 Å². The lowest BCUT2D eigenvalue weighted by atomic mass is 10.4. The first-order chi connectivity index (χ1) is 6.83. The van der Waals surface area contributed by atoms with Crippen molar-refractivity contribution in [1.82, 2.24) is 9.47 Å². The van der Waals surface area contributed by atoms with Crippen LogP contribution in [0.2, 0.25) is 0 Å². The van der Waals surface area contributed by atoms with E-state index in [9.17, 15) is 0 Å². The third-order valence-electron chi connectivity index (χ3n) is 2.01. The summed E-state index contributed by atoms with van der Waals surface area (Å²) in [5.74, 6) is 0. The molecule has 0 saturated heterocycles. The van der Waals surface area contributed by atoms with Gasteiger partial charge in [-0.05, 0) is 31.3 Å². The SMILES string of the molecule is CCn1cccc1.CN1C=CC=CC1. The molecule has 0 saturated carbocycles. The lowest BCUT2D eigenvalue weighted by Gasteiger charge is -2.11. The van der Waals surface area contributed by atoms with Crippen LogP contribution in [0.5, 0.6) is 0 Å². The van der Waals surface area contributed by atoms with Crippen molar-refractivity contribution in [2.24, 2.45) is 0 Å². The molecule has 0 radical (unpaired) electrons. The molecule has 2 heterocycles. The summed E-state index contributed by atoms with van der Waals surface area (Å²) in [5, 5.41) is 0. The highest BCUT2D eigenvalue weighted by Gasteiger charge is 1.86. The Balaban J connectivity index is 0.000000140. The summed E-state index contributed by atoms with van der Waals surface area (Å²) < 4.78 is 2.12. The molecule has 0 unspecified atom stereocenters. The zero-order chi connectivity index (χ0) is 10.2. The smallest absolute Gasteiger partial charge is 0.0353 e. The fourth-order valence-corrected chi connectivity index (χ4v) is 1.14. The highest BCUT2D eigenvalue weighted by Crippen LogP contribution is 1.91. The topological polar surface area (TPSA) is 8.17 Å². The summed E-state index contributed by atoms with van der Waals surface area (Å²) in [4.78, 5) is 2.12. The van der Waals surface area contributed by atoms with Crippen molar-refractivity contribution in [2.75, 3.05) is 13.6 Å². The molecule has 2 nitrogen and oxygen atoms in total. The molecule has 0 N–H and O–H groups in total. The lowest BCUT2D eigenvalue weighted by Crippen LogP contribution is -2.11. The van der Waals surface area contributed by atoms with Gasteiger partial charge in [0.2, 0.25) is 0 Å². The molecule has 0 fully saturated rings. The molecule has 2 heteroatoms. The number of aromatic nitrogens is 1. The van der Waals surface area contributed by atoms with E-state index in [1.807, 2.05) is 18.2 Å². The first kappa shape index (κ1) is 10.6. The molecule has 1 aliphatic heterocycles. The Morgan fingerprint density at radius 2 is 1.86 bits per heavy atom. The molecule has 2 rings (SSSR count). The van der Waals surface area contributed by atoms with Crippen LogP contribution in [-0.2, 0) is 6.54 Å². The molecule has 1 aromatic heterocycles. The molecule has 0 spiro atoms. The second-order valence-corrected chi connectivity index (χ2v) is 3.22. The van der Waals surface area contributed by atoms with Gasteiger partial charge in [-0.1, -0.05) is 12.2 Å². The molecule has 14 heavy (non-hydrogen) atoms. The number of aryl methyl sites for hydroxylation is 1. The summed E-state index contributed by atoms with van der Waals surface area (Å²) in [7, 11) is 2.06. The number of allylic oxidation sites excluding steroid dienone is 2. The van der Waals surface area contributed by atoms with E-state index in [1.54, 1.807) is 0 Å². The van der Waals surface area contributed by atoms with Gasteiger partial charge in [-0.25, -0.2) is 0 Å². The Labute approximate surface area is 86.2 Å². The van der Waals surface area contributed by atoms with E-state index in [2.05, 4.69) is 54.2 Å². The molecule has 1 aliphatic rings. The molecule has 0 aliphatic carbocycles. The zero-order valence-electron chi connectivity index (χ0n) is 8.93. The van der Waals surface area contributed by atoms with Crippen LogP contribution in [0.15, 0.2) is 49.0 Å². The third-order valence-corrected chi connectivity index (χ3v) is 2.01. The first-order valence-electron chi connectivity index (χ1n) is 4.97. The number of rotatable bonds is 1. The Kier molecular flexibility index (Phi) is 4.62. The zero-order valence-corrected chi connectivity index (χ0v) is 8.93. The van der Waals surface area contributed by atoms with Crippen LogP contribution in [0.1, 0.15) is 6.92 Å². The minimum absolute atomic E-state index is 1.05. The van der Waals surface area contributed by atoms with Gasteiger partial charge in [0, 0.05) is 32.5 Å².